The molecule has 0 aliphatic carbocycles. The minimum atomic E-state index is -0.482. The van der Waals surface area contributed by atoms with E-state index in [1.807, 2.05) is 36.5 Å². The lowest BCUT2D eigenvalue weighted by Gasteiger charge is -2.12. The highest BCUT2D eigenvalue weighted by Crippen LogP contribution is 2.16. The zero-order chi connectivity index (χ0) is 17.5. The summed E-state index contributed by atoms with van der Waals surface area (Å²) in [5, 5.41) is 5.35. The Labute approximate surface area is 146 Å². The third kappa shape index (κ3) is 4.81. The molecular formula is C18H20ClN2O3+. The van der Waals surface area contributed by atoms with Crippen LogP contribution < -0.4 is 10.6 Å². The quantitative estimate of drug-likeness (QED) is 0.788. The van der Waals surface area contributed by atoms with Gasteiger partial charge in [0.25, 0.3) is 5.91 Å². The molecule has 0 spiro atoms. The van der Waals surface area contributed by atoms with Crippen molar-refractivity contribution in [3.05, 3.63) is 64.7 Å². The molecule has 3 N–H and O–H groups in total. The van der Waals surface area contributed by atoms with Gasteiger partial charge in [-0.3, -0.25) is 4.79 Å². The molecule has 126 valence electrons. The van der Waals surface area contributed by atoms with E-state index in [9.17, 15) is 9.59 Å². The van der Waals surface area contributed by atoms with Gasteiger partial charge >= 0.3 is 5.97 Å². The van der Waals surface area contributed by atoms with Crippen molar-refractivity contribution in [2.24, 2.45) is 0 Å². The zero-order valence-electron chi connectivity index (χ0n) is 13.6. The van der Waals surface area contributed by atoms with Crippen molar-refractivity contribution in [1.29, 1.82) is 0 Å². The van der Waals surface area contributed by atoms with Gasteiger partial charge in [0.1, 0.15) is 6.04 Å². The lowest BCUT2D eigenvalue weighted by Crippen LogP contribution is -2.86. The maximum Gasteiger partial charge on any atom is 0.339 e. The molecule has 6 heteroatoms. The molecule has 0 saturated heterocycles. The van der Waals surface area contributed by atoms with Crippen molar-refractivity contribution >= 4 is 29.2 Å². The maximum absolute atomic E-state index is 12.1. The highest BCUT2D eigenvalue weighted by Gasteiger charge is 2.15. The molecular weight excluding hydrogens is 328 g/mol. The number of anilines is 1. The molecule has 2 aromatic carbocycles. The largest absolute Gasteiger partial charge is 0.465 e. The second kappa shape index (κ2) is 8.47. The number of benzene rings is 2. The van der Waals surface area contributed by atoms with Gasteiger partial charge < -0.3 is 15.4 Å². The summed E-state index contributed by atoms with van der Waals surface area (Å²) in [6.45, 7) is 2.25. The number of nitrogens with one attached hydrogen (secondary N) is 1. The Hall–Kier alpha value is -2.37. The summed E-state index contributed by atoms with van der Waals surface area (Å²) in [7, 11) is 1.31. The molecule has 2 rings (SSSR count). The van der Waals surface area contributed by atoms with Crippen LogP contribution in [0.4, 0.5) is 5.69 Å². The summed E-state index contributed by atoms with van der Waals surface area (Å²) >= 11 is 5.87. The number of halogens is 1. The van der Waals surface area contributed by atoms with Gasteiger partial charge in [-0.1, -0.05) is 35.9 Å². The molecule has 0 radical (unpaired) electrons. The minimum Gasteiger partial charge on any atom is -0.465 e. The fourth-order valence-corrected chi connectivity index (χ4v) is 2.39. The average Bonchev–Trinajstić information content (AvgIpc) is 2.60. The Kier molecular flexibility index (Phi) is 6.35. The molecule has 1 atom stereocenters. The van der Waals surface area contributed by atoms with Crippen LogP contribution in [-0.4, -0.2) is 25.5 Å². The SMILES string of the molecule is COC(=O)c1ccccc1NC(=O)C[NH2+][C@@H](C)c1ccc(Cl)cc1. The molecule has 1 amide bonds. The molecule has 0 fully saturated rings. The van der Waals surface area contributed by atoms with Gasteiger partial charge in [0, 0.05) is 10.6 Å². The molecule has 0 aromatic heterocycles. The Morgan fingerprint density at radius 2 is 1.83 bits per heavy atom. The van der Waals surface area contributed by atoms with E-state index in [1.165, 1.54) is 7.11 Å². The van der Waals surface area contributed by atoms with Crippen molar-refractivity contribution in [2.45, 2.75) is 13.0 Å². The van der Waals surface area contributed by atoms with E-state index in [0.717, 1.165) is 5.56 Å². The number of methoxy groups -OCH3 is 1. The molecule has 0 aliphatic rings. The van der Waals surface area contributed by atoms with Gasteiger partial charge in [-0.15, -0.1) is 0 Å². The van der Waals surface area contributed by atoms with Crippen LogP contribution in [0.2, 0.25) is 5.02 Å². The summed E-state index contributed by atoms with van der Waals surface area (Å²) in [6.07, 6.45) is 0. The fourth-order valence-electron chi connectivity index (χ4n) is 2.27. The first-order chi connectivity index (χ1) is 11.5. The predicted molar refractivity (Wildman–Crippen MR) is 93.1 cm³/mol. The van der Waals surface area contributed by atoms with Crippen molar-refractivity contribution in [2.75, 3.05) is 19.0 Å². The topological polar surface area (TPSA) is 72.0 Å². The van der Waals surface area contributed by atoms with Gasteiger partial charge in [-0.2, -0.15) is 0 Å². The first-order valence-electron chi connectivity index (χ1n) is 7.57. The van der Waals surface area contributed by atoms with Crippen molar-refractivity contribution in [1.82, 2.24) is 0 Å². The number of esters is 1. The smallest absolute Gasteiger partial charge is 0.339 e. The van der Waals surface area contributed by atoms with Crippen LogP contribution in [0.3, 0.4) is 0 Å². The van der Waals surface area contributed by atoms with E-state index >= 15 is 0 Å². The van der Waals surface area contributed by atoms with Gasteiger partial charge in [0.15, 0.2) is 6.54 Å². The molecule has 0 heterocycles. The molecule has 0 saturated carbocycles. The highest BCUT2D eigenvalue weighted by atomic mass is 35.5. The number of rotatable bonds is 6. The van der Waals surface area contributed by atoms with Crippen molar-refractivity contribution < 1.29 is 19.6 Å². The Morgan fingerprint density at radius 3 is 2.50 bits per heavy atom. The second-order valence-electron chi connectivity index (χ2n) is 5.37. The van der Waals surface area contributed by atoms with Crippen LogP contribution in [0.25, 0.3) is 0 Å². The standard InChI is InChI=1S/C18H19ClN2O3/c1-12(13-7-9-14(19)10-8-13)20-11-17(22)21-16-6-4-3-5-15(16)18(23)24-2/h3-10,12,20H,11H2,1-2H3,(H,21,22)/p+1/t12-/m0/s1. The zero-order valence-corrected chi connectivity index (χ0v) is 14.3. The first-order valence-corrected chi connectivity index (χ1v) is 7.95. The minimum absolute atomic E-state index is 0.115. The van der Waals surface area contributed by atoms with Crippen LogP contribution in [-0.2, 0) is 9.53 Å². The van der Waals surface area contributed by atoms with E-state index in [-0.39, 0.29) is 18.5 Å². The number of ether oxygens (including phenoxy) is 1. The van der Waals surface area contributed by atoms with Gasteiger partial charge in [0.2, 0.25) is 0 Å². The third-order valence-electron chi connectivity index (χ3n) is 3.66. The van der Waals surface area contributed by atoms with Crippen LogP contribution >= 0.6 is 11.6 Å². The number of carbonyl (C=O) groups is 2. The Morgan fingerprint density at radius 1 is 1.17 bits per heavy atom. The number of nitrogens with two attached hydrogens (primary N) is 1. The number of para-hydroxylation sites is 1. The molecule has 0 aliphatic heterocycles. The Balaban J connectivity index is 1.94. The summed E-state index contributed by atoms with van der Waals surface area (Å²) in [4.78, 5) is 23.9. The monoisotopic (exact) mass is 347 g/mol. The van der Waals surface area contributed by atoms with E-state index in [4.69, 9.17) is 16.3 Å². The number of amides is 1. The summed E-state index contributed by atoms with van der Waals surface area (Å²) in [6, 6.07) is 14.4. The first kappa shape index (κ1) is 18.0. The molecule has 5 nitrogen and oxygen atoms in total. The van der Waals surface area contributed by atoms with Crippen molar-refractivity contribution in [3.63, 3.8) is 0 Å². The molecule has 24 heavy (non-hydrogen) atoms. The number of hydrogen-bond acceptors (Lipinski definition) is 3. The average molecular weight is 348 g/mol. The van der Waals surface area contributed by atoms with Crippen LogP contribution in [0.1, 0.15) is 28.9 Å². The van der Waals surface area contributed by atoms with Gasteiger partial charge in [-0.05, 0) is 31.2 Å². The van der Waals surface area contributed by atoms with E-state index in [1.54, 1.807) is 24.3 Å². The predicted octanol–water partition coefficient (Wildman–Crippen LogP) is 2.39. The van der Waals surface area contributed by atoms with E-state index in [2.05, 4.69) is 5.32 Å². The Bertz CT molecular complexity index is 716. The summed E-state index contributed by atoms with van der Waals surface area (Å²) < 4.78 is 4.72. The van der Waals surface area contributed by atoms with Crippen molar-refractivity contribution in [3.8, 4) is 0 Å². The third-order valence-corrected chi connectivity index (χ3v) is 3.91. The van der Waals surface area contributed by atoms with Crippen LogP contribution in [0, 0.1) is 0 Å². The van der Waals surface area contributed by atoms with Gasteiger partial charge in [0.05, 0.1) is 18.4 Å². The van der Waals surface area contributed by atoms with E-state index < -0.39 is 5.97 Å². The lowest BCUT2D eigenvalue weighted by atomic mass is 10.1. The molecule has 0 bridgehead atoms. The second-order valence-corrected chi connectivity index (χ2v) is 5.80. The summed E-state index contributed by atoms with van der Waals surface area (Å²) in [5.41, 5.74) is 1.86. The lowest BCUT2D eigenvalue weighted by molar-refractivity contribution is -0.682. The summed E-state index contributed by atoms with van der Waals surface area (Å²) in [5.74, 6) is -0.670. The fraction of sp³-hybridized carbons (Fsp3) is 0.222. The maximum atomic E-state index is 12.1. The highest BCUT2D eigenvalue weighted by molar-refractivity contribution is 6.30. The molecule has 0 unspecified atom stereocenters. The van der Waals surface area contributed by atoms with Crippen LogP contribution in [0.5, 0.6) is 0 Å². The van der Waals surface area contributed by atoms with Crippen LogP contribution in [0.15, 0.2) is 48.5 Å². The molecule has 2 aromatic rings. The number of hydrogen-bond donors (Lipinski definition) is 2. The number of quaternary nitrogens is 1. The normalized spacial score (nSPS) is 11.6. The van der Waals surface area contributed by atoms with Gasteiger partial charge in [-0.25, -0.2) is 4.79 Å². The number of carbonyl (C=O) groups excluding carboxylic acids is 2. The van der Waals surface area contributed by atoms with E-state index in [0.29, 0.717) is 16.3 Å².